The van der Waals surface area contributed by atoms with Gasteiger partial charge in [-0.1, -0.05) is 44.2 Å². The van der Waals surface area contributed by atoms with Crippen LogP contribution in [0.5, 0.6) is 0 Å². The van der Waals surface area contributed by atoms with Crippen LogP contribution in [-0.4, -0.2) is 34.4 Å². The molecule has 6 nitrogen and oxygen atoms in total. The average Bonchev–Trinajstić information content (AvgIpc) is 2.69. The third-order valence-corrected chi connectivity index (χ3v) is 4.19. The fourth-order valence-corrected chi connectivity index (χ4v) is 2.87. The molecular weight excluding hydrogens is 354 g/mol. The number of hydrogen-bond donors (Lipinski definition) is 1. The van der Waals surface area contributed by atoms with E-state index < -0.39 is 5.91 Å². The van der Waals surface area contributed by atoms with Crippen molar-refractivity contribution in [3.05, 3.63) is 70.2 Å². The molecule has 1 aromatic carbocycles. The van der Waals surface area contributed by atoms with Crippen LogP contribution < -0.4 is 10.9 Å². The van der Waals surface area contributed by atoms with E-state index in [1.165, 1.54) is 22.9 Å². The van der Waals surface area contributed by atoms with Crippen LogP contribution in [0.1, 0.15) is 42.6 Å². The highest BCUT2D eigenvalue weighted by Gasteiger charge is 2.17. The van der Waals surface area contributed by atoms with E-state index in [1.54, 1.807) is 18.0 Å². The van der Waals surface area contributed by atoms with Crippen LogP contribution in [0, 0.1) is 0 Å². The lowest BCUT2D eigenvalue weighted by molar-refractivity contribution is -0.111. The highest BCUT2D eigenvalue weighted by molar-refractivity contribution is 6.03. The molecule has 0 unspecified atom stereocenters. The molecule has 0 aliphatic carbocycles. The van der Waals surface area contributed by atoms with Crippen molar-refractivity contribution in [3.63, 3.8) is 0 Å². The second-order valence-electron chi connectivity index (χ2n) is 6.58. The number of benzene rings is 1. The second-order valence-corrected chi connectivity index (χ2v) is 6.58. The Bertz CT molecular complexity index is 895. The van der Waals surface area contributed by atoms with Gasteiger partial charge in [-0.2, -0.15) is 0 Å². The van der Waals surface area contributed by atoms with Crippen molar-refractivity contribution in [1.82, 2.24) is 9.47 Å². The van der Waals surface area contributed by atoms with Gasteiger partial charge in [0.1, 0.15) is 5.69 Å². The summed E-state index contributed by atoms with van der Waals surface area (Å²) in [6, 6.07) is 10.8. The van der Waals surface area contributed by atoms with Gasteiger partial charge in [-0.15, -0.1) is 0 Å². The van der Waals surface area contributed by atoms with Crippen LogP contribution in [0.4, 0.5) is 5.69 Å². The molecule has 28 heavy (non-hydrogen) atoms. The molecule has 0 saturated carbocycles. The van der Waals surface area contributed by atoms with Crippen LogP contribution in [0.2, 0.25) is 0 Å². The molecule has 0 saturated heterocycles. The molecule has 0 atom stereocenters. The number of hydrogen-bond acceptors (Lipinski definition) is 3. The van der Waals surface area contributed by atoms with Gasteiger partial charge < -0.3 is 14.8 Å². The summed E-state index contributed by atoms with van der Waals surface area (Å²) in [6.07, 6.45) is 6.25. The van der Waals surface area contributed by atoms with Crippen molar-refractivity contribution in [2.75, 3.05) is 18.4 Å². The first-order valence-electron chi connectivity index (χ1n) is 9.50. The first kappa shape index (κ1) is 21.2. The highest BCUT2D eigenvalue weighted by atomic mass is 16.2. The van der Waals surface area contributed by atoms with Crippen LogP contribution in [0.15, 0.2) is 53.5 Å². The molecule has 0 aliphatic heterocycles. The van der Waals surface area contributed by atoms with E-state index in [2.05, 4.69) is 5.32 Å². The summed E-state index contributed by atoms with van der Waals surface area (Å²) in [4.78, 5) is 39.2. The van der Waals surface area contributed by atoms with Gasteiger partial charge in [0.25, 0.3) is 11.5 Å². The lowest BCUT2D eigenvalue weighted by Crippen LogP contribution is -2.34. The number of nitrogens with zero attached hydrogens (tertiary/aromatic N) is 2. The SMILES string of the molecule is CCCN(CCC)C(=O)c1cc(NC(=O)/C=C\c2ccccc2)c(=O)n(C)c1. The zero-order valence-electron chi connectivity index (χ0n) is 16.6. The van der Waals surface area contributed by atoms with Gasteiger partial charge in [-0.25, -0.2) is 0 Å². The predicted molar refractivity (Wildman–Crippen MR) is 112 cm³/mol. The van der Waals surface area contributed by atoms with Crippen LogP contribution in [0.25, 0.3) is 6.08 Å². The van der Waals surface area contributed by atoms with Gasteiger partial charge in [0.05, 0.1) is 5.56 Å². The summed E-state index contributed by atoms with van der Waals surface area (Å²) < 4.78 is 1.32. The summed E-state index contributed by atoms with van der Waals surface area (Å²) in [5, 5.41) is 2.59. The molecule has 0 bridgehead atoms. The van der Waals surface area contributed by atoms with Crippen molar-refractivity contribution in [2.45, 2.75) is 26.7 Å². The number of carbonyl (C=O) groups is 2. The van der Waals surface area contributed by atoms with Crippen molar-refractivity contribution < 1.29 is 9.59 Å². The van der Waals surface area contributed by atoms with Crippen molar-refractivity contribution in [1.29, 1.82) is 0 Å². The third kappa shape index (κ3) is 5.67. The van der Waals surface area contributed by atoms with Gasteiger partial charge in [0, 0.05) is 32.4 Å². The van der Waals surface area contributed by atoms with Crippen molar-refractivity contribution in [2.24, 2.45) is 7.05 Å². The molecule has 2 rings (SSSR count). The Kier molecular flexibility index (Phi) is 7.75. The number of amides is 2. The number of carbonyl (C=O) groups excluding carboxylic acids is 2. The molecule has 2 aromatic rings. The Labute approximate surface area is 165 Å². The molecule has 6 heteroatoms. The van der Waals surface area contributed by atoms with Gasteiger partial charge in [-0.05, 0) is 30.5 Å². The number of nitrogens with one attached hydrogen (secondary N) is 1. The Morgan fingerprint density at radius 3 is 2.36 bits per heavy atom. The maximum atomic E-state index is 12.8. The Balaban J connectivity index is 2.22. The molecule has 0 fully saturated rings. The van der Waals surface area contributed by atoms with Crippen molar-refractivity contribution >= 4 is 23.6 Å². The monoisotopic (exact) mass is 381 g/mol. The van der Waals surface area contributed by atoms with Gasteiger partial charge in [0.2, 0.25) is 5.91 Å². The molecule has 0 spiro atoms. The van der Waals surface area contributed by atoms with E-state index in [-0.39, 0.29) is 17.2 Å². The Morgan fingerprint density at radius 1 is 1.11 bits per heavy atom. The van der Waals surface area contributed by atoms with E-state index in [4.69, 9.17) is 0 Å². The molecule has 1 heterocycles. The summed E-state index contributed by atoms with van der Waals surface area (Å²) in [5.41, 5.74) is 0.982. The maximum Gasteiger partial charge on any atom is 0.274 e. The Morgan fingerprint density at radius 2 is 1.75 bits per heavy atom. The predicted octanol–water partition coefficient (Wildman–Crippen LogP) is 3.30. The number of pyridine rings is 1. The number of aromatic nitrogens is 1. The van der Waals surface area contributed by atoms with E-state index in [9.17, 15) is 14.4 Å². The molecule has 2 amide bonds. The van der Waals surface area contributed by atoms with Gasteiger partial charge in [-0.3, -0.25) is 14.4 Å². The van der Waals surface area contributed by atoms with Gasteiger partial charge >= 0.3 is 0 Å². The quantitative estimate of drug-likeness (QED) is 0.713. The summed E-state index contributed by atoms with van der Waals surface area (Å²) in [6.45, 7) is 5.33. The summed E-state index contributed by atoms with van der Waals surface area (Å²) >= 11 is 0. The topological polar surface area (TPSA) is 71.4 Å². The molecule has 1 aromatic heterocycles. The number of rotatable bonds is 8. The first-order valence-corrected chi connectivity index (χ1v) is 9.50. The van der Waals surface area contributed by atoms with E-state index in [0.29, 0.717) is 18.7 Å². The highest BCUT2D eigenvalue weighted by Crippen LogP contribution is 2.10. The lowest BCUT2D eigenvalue weighted by Gasteiger charge is -2.22. The minimum Gasteiger partial charge on any atom is -0.339 e. The molecule has 148 valence electrons. The zero-order valence-corrected chi connectivity index (χ0v) is 16.6. The fourth-order valence-electron chi connectivity index (χ4n) is 2.87. The van der Waals surface area contributed by atoms with Crippen LogP contribution in [0.3, 0.4) is 0 Å². The standard InChI is InChI=1S/C22H27N3O3/c1-4-13-25(14-5-2)21(27)18-15-19(22(28)24(3)16-18)23-20(26)12-11-17-9-7-6-8-10-17/h6-12,15-16H,4-5,13-14H2,1-3H3,(H,23,26)/b12-11-. The smallest absolute Gasteiger partial charge is 0.274 e. The van der Waals surface area contributed by atoms with E-state index in [0.717, 1.165) is 18.4 Å². The van der Waals surface area contributed by atoms with Crippen LogP contribution in [-0.2, 0) is 11.8 Å². The second kappa shape index (κ2) is 10.3. The van der Waals surface area contributed by atoms with E-state index >= 15 is 0 Å². The zero-order chi connectivity index (χ0) is 20.5. The molecule has 0 aliphatic rings. The normalized spacial score (nSPS) is 10.8. The number of aryl methyl sites for hydroxylation is 1. The maximum absolute atomic E-state index is 12.8. The minimum absolute atomic E-state index is 0.0870. The van der Waals surface area contributed by atoms with Crippen LogP contribution >= 0.6 is 0 Å². The lowest BCUT2D eigenvalue weighted by atomic mass is 10.2. The summed E-state index contributed by atoms with van der Waals surface area (Å²) in [5.74, 6) is -0.570. The Hall–Kier alpha value is -3.15. The fraction of sp³-hybridized carbons (Fsp3) is 0.318. The largest absolute Gasteiger partial charge is 0.339 e. The van der Waals surface area contributed by atoms with E-state index in [1.807, 2.05) is 44.2 Å². The van der Waals surface area contributed by atoms with Gasteiger partial charge in [0.15, 0.2) is 0 Å². The number of anilines is 1. The molecular formula is C22H27N3O3. The molecule has 0 radical (unpaired) electrons. The summed E-state index contributed by atoms with van der Waals surface area (Å²) in [7, 11) is 1.57. The first-order chi connectivity index (χ1) is 13.5. The third-order valence-electron chi connectivity index (χ3n) is 4.19. The van der Waals surface area contributed by atoms with Crippen molar-refractivity contribution in [3.8, 4) is 0 Å². The average molecular weight is 381 g/mol. The minimum atomic E-state index is -0.426. The molecule has 1 N–H and O–H groups in total.